The summed E-state index contributed by atoms with van der Waals surface area (Å²) in [6, 6.07) is 11.8. The molecule has 0 aliphatic rings. The first-order valence-corrected chi connectivity index (χ1v) is 9.60. The maximum absolute atomic E-state index is 12.5. The monoisotopic (exact) mass is 382 g/mol. The molecule has 0 radical (unpaired) electrons. The van der Waals surface area contributed by atoms with E-state index in [4.69, 9.17) is 16.3 Å². The summed E-state index contributed by atoms with van der Waals surface area (Å²) in [6.45, 7) is 0.255. The second-order valence-electron chi connectivity index (χ2n) is 5.39. The average molecular weight is 383 g/mol. The lowest BCUT2D eigenvalue weighted by Gasteiger charge is -2.18. The smallest absolute Gasteiger partial charge is 0.253 e. The number of carbonyl (C=O) groups is 1. The standard InChI is InChI=1S/C17H19ClN2O4S/c1-20(25(3,22)23)13-8-9-15(18)14(10-13)17(21)19-11-12-6-4-5-7-16(12)24-2/h4-10H,11H2,1-3H3,(H,19,21). The molecule has 8 heteroatoms. The lowest BCUT2D eigenvalue weighted by atomic mass is 10.1. The van der Waals surface area contributed by atoms with Gasteiger partial charge in [-0.15, -0.1) is 0 Å². The van der Waals surface area contributed by atoms with Crippen LogP contribution in [0, 0.1) is 0 Å². The number of methoxy groups -OCH3 is 1. The van der Waals surface area contributed by atoms with Gasteiger partial charge in [-0.1, -0.05) is 29.8 Å². The van der Waals surface area contributed by atoms with Gasteiger partial charge in [0.05, 0.1) is 29.6 Å². The van der Waals surface area contributed by atoms with Crippen molar-refractivity contribution < 1.29 is 17.9 Å². The zero-order valence-electron chi connectivity index (χ0n) is 14.1. The van der Waals surface area contributed by atoms with Gasteiger partial charge in [0.15, 0.2) is 0 Å². The third kappa shape index (κ3) is 4.64. The molecule has 0 unspecified atom stereocenters. The van der Waals surface area contributed by atoms with Crippen molar-refractivity contribution in [3.05, 3.63) is 58.6 Å². The minimum atomic E-state index is -3.43. The van der Waals surface area contributed by atoms with Gasteiger partial charge in [0, 0.05) is 19.2 Å². The number of para-hydroxylation sites is 1. The van der Waals surface area contributed by atoms with Crippen molar-refractivity contribution in [1.82, 2.24) is 5.32 Å². The molecular weight excluding hydrogens is 364 g/mol. The number of rotatable bonds is 6. The Morgan fingerprint density at radius 1 is 1.24 bits per heavy atom. The van der Waals surface area contributed by atoms with Crippen LogP contribution in [0.5, 0.6) is 5.75 Å². The molecule has 0 saturated carbocycles. The molecule has 0 aromatic heterocycles. The molecule has 0 aliphatic heterocycles. The zero-order valence-corrected chi connectivity index (χ0v) is 15.7. The summed E-state index contributed by atoms with van der Waals surface area (Å²) in [4.78, 5) is 12.5. The number of halogens is 1. The van der Waals surface area contributed by atoms with Crippen LogP contribution in [0.4, 0.5) is 5.69 Å². The summed E-state index contributed by atoms with van der Waals surface area (Å²) in [6.07, 6.45) is 1.09. The summed E-state index contributed by atoms with van der Waals surface area (Å²) in [7, 11) is -0.464. The first-order chi connectivity index (χ1) is 11.7. The van der Waals surface area contributed by atoms with Crippen LogP contribution in [0.3, 0.4) is 0 Å². The fourth-order valence-electron chi connectivity index (χ4n) is 2.19. The van der Waals surface area contributed by atoms with Crippen LogP contribution < -0.4 is 14.4 Å². The molecule has 2 rings (SSSR count). The summed E-state index contributed by atoms with van der Waals surface area (Å²) < 4.78 is 29.6. The highest BCUT2D eigenvalue weighted by molar-refractivity contribution is 7.92. The topological polar surface area (TPSA) is 75.7 Å². The highest BCUT2D eigenvalue weighted by Gasteiger charge is 2.17. The molecule has 0 aliphatic carbocycles. The second kappa shape index (κ2) is 7.76. The number of amides is 1. The third-order valence-corrected chi connectivity index (χ3v) is 5.22. The van der Waals surface area contributed by atoms with Crippen LogP contribution >= 0.6 is 11.6 Å². The van der Waals surface area contributed by atoms with Gasteiger partial charge < -0.3 is 10.1 Å². The third-order valence-electron chi connectivity index (χ3n) is 3.69. The van der Waals surface area contributed by atoms with Gasteiger partial charge >= 0.3 is 0 Å². The van der Waals surface area contributed by atoms with E-state index in [0.29, 0.717) is 11.4 Å². The predicted molar refractivity (Wildman–Crippen MR) is 98.9 cm³/mol. The molecule has 2 aromatic rings. The first kappa shape index (κ1) is 19.1. The van der Waals surface area contributed by atoms with Crippen LogP contribution in [0.25, 0.3) is 0 Å². The second-order valence-corrected chi connectivity index (χ2v) is 7.81. The molecule has 2 aromatic carbocycles. The fourth-order valence-corrected chi connectivity index (χ4v) is 2.89. The Bertz CT molecular complexity index is 884. The van der Waals surface area contributed by atoms with Gasteiger partial charge in [-0.05, 0) is 24.3 Å². The highest BCUT2D eigenvalue weighted by Crippen LogP contribution is 2.24. The molecule has 1 amide bonds. The zero-order chi connectivity index (χ0) is 18.6. The Labute approximate surface area is 152 Å². The molecule has 0 atom stereocenters. The van der Waals surface area contributed by atoms with Crippen molar-refractivity contribution in [3.63, 3.8) is 0 Å². The van der Waals surface area contributed by atoms with Crippen LogP contribution in [0.2, 0.25) is 5.02 Å². The number of anilines is 1. The molecule has 25 heavy (non-hydrogen) atoms. The van der Waals surface area contributed by atoms with Crippen molar-refractivity contribution in [1.29, 1.82) is 0 Å². The normalized spacial score (nSPS) is 11.0. The van der Waals surface area contributed by atoms with E-state index >= 15 is 0 Å². The van der Waals surface area contributed by atoms with Crippen LogP contribution in [-0.4, -0.2) is 34.7 Å². The van der Waals surface area contributed by atoms with E-state index < -0.39 is 15.9 Å². The molecule has 0 spiro atoms. The maximum atomic E-state index is 12.5. The Kier molecular flexibility index (Phi) is 5.92. The molecule has 0 saturated heterocycles. The van der Waals surface area contributed by atoms with Crippen LogP contribution in [0.1, 0.15) is 15.9 Å². The quantitative estimate of drug-likeness (QED) is 0.833. The number of benzene rings is 2. The van der Waals surface area contributed by atoms with Gasteiger partial charge in [0.25, 0.3) is 5.91 Å². The van der Waals surface area contributed by atoms with Crippen molar-refractivity contribution in [2.24, 2.45) is 0 Å². The first-order valence-electron chi connectivity index (χ1n) is 7.37. The van der Waals surface area contributed by atoms with E-state index in [9.17, 15) is 13.2 Å². The molecule has 1 N–H and O–H groups in total. The lowest BCUT2D eigenvalue weighted by molar-refractivity contribution is 0.0951. The number of ether oxygens (including phenoxy) is 1. The van der Waals surface area contributed by atoms with Crippen molar-refractivity contribution in [3.8, 4) is 5.75 Å². The minimum absolute atomic E-state index is 0.199. The Morgan fingerprint density at radius 3 is 2.56 bits per heavy atom. The van der Waals surface area contributed by atoms with Crippen molar-refractivity contribution in [2.45, 2.75) is 6.54 Å². The summed E-state index contributed by atoms with van der Waals surface area (Å²) in [5, 5.41) is 3.00. The van der Waals surface area contributed by atoms with Gasteiger partial charge in [0.2, 0.25) is 10.0 Å². The van der Waals surface area contributed by atoms with E-state index in [-0.39, 0.29) is 17.1 Å². The van der Waals surface area contributed by atoms with E-state index in [2.05, 4.69) is 5.32 Å². The number of carbonyl (C=O) groups excluding carboxylic acids is 1. The summed E-state index contributed by atoms with van der Waals surface area (Å²) in [5.41, 5.74) is 1.37. The average Bonchev–Trinajstić information content (AvgIpc) is 2.58. The minimum Gasteiger partial charge on any atom is -0.496 e. The number of nitrogens with zero attached hydrogens (tertiary/aromatic N) is 1. The largest absolute Gasteiger partial charge is 0.496 e. The summed E-state index contributed by atoms with van der Waals surface area (Å²) >= 11 is 6.10. The highest BCUT2D eigenvalue weighted by atomic mass is 35.5. The maximum Gasteiger partial charge on any atom is 0.253 e. The van der Waals surface area contributed by atoms with E-state index in [1.807, 2.05) is 18.2 Å². The van der Waals surface area contributed by atoms with Gasteiger partial charge in [0.1, 0.15) is 5.75 Å². The molecule has 0 heterocycles. The lowest BCUT2D eigenvalue weighted by Crippen LogP contribution is -2.26. The Morgan fingerprint density at radius 2 is 1.92 bits per heavy atom. The van der Waals surface area contributed by atoms with E-state index in [0.717, 1.165) is 16.1 Å². The number of sulfonamides is 1. The van der Waals surface area contributed by atoms with E-state index in [1.54, 1.807) is 19.2 Å². The van der Waals surface area contributed by atoms with Gasteiger partial charge in [-0.25, -0.2) is 8.42 Å². The predicted octanol–water partition coefficient (Wildman–Crippen LogP) is 2.67. The molecule has 6 nitrogen and oxygen atoms in total. The molecule has 0 fully saturated rings. The van der Waals surface area contributed by atoms with Crippen molar-refractivity contribution >= 4 is 33.2 Å². The Hall–Kier alpha value is -2.25. The van der Waals surface area contributed by atoms with Crippen LogP contribution in [0.15, 0.2) is 42.5 Å². The Balaban J connectivity index is 2.21. The van der Waals surface area contributed by atoms with Crippen LogP contribution in [-0.2, 0) is 16.6 Å². The molecule has 0 bridgehead atoms. The molecule has 134 valence electrons. The SMILES string of the molecule is COc1ccccc1CNC(=O)c1cc(N(C)S(C)(=O)=O)ccc1Cl. The number of nitrogens with one attached hydrogen (secondary N) is 1. The fraction of sp³-hybridized carbons (Fsp3) is 0.235. The van der Waals surface area contributed by atoms with E-state index in [1.165, 1.54) is 19.2 Å². The molecular formula is C17H19ClN2O4S. The number of hydrogen-bond acceptors (Lipinski definition) is 4. The number of hydrogen-bond donors (Lipinski definition) is 1. The summed E-state index contributed by atoms with van der Waals surface area (Å²) in [5.74, 6) is 0.263. The van der Waals surface area contributed by atoms with Gasteiger partial charge in [-0.2, -0.15) is 0 Å². The van der Waals surface area contributed by atoms with Gasteiger partial charge in [-0.3, -0.25) is 9.10 Å². The van der Waals surface area contributed by atoms with Crippen molar-refractivity contribution in [2.75, 3.05) is 24.7 Å².